The Kier molecular flexibility index (Phi) is 6.94. The van der Waals surface area contributed by atoms with Gasteiger partial charge in [0.05, 0.1) is 29.4 Å². The summed E-state index contributed by atoms with van der Waals surface area (Å²) in [4.78, 5) is 11.6. The van der Waals surface area contributed by atoms with Crippen molar-refractivity contribution in [2.45, 2.75) is 25.5 Å². The van der Waals surface area contributed by atoms with Crippen LogP contribution in [0.3, 0.4) is 0 Å². The molecule has 0 unspecified atom stereocenters. The molecule has 1 aliphatic rings. The van der Waals surface area contributed by atoms with Crippen molar-refractivity contribution >= 4 is 12.0 Å². The van der Waals surface area contributed by atoms with Crippen LogP contribution in [0.15, 0.2) is 54.4 Å². The van der Waals surface area contributed by atoms with Gasteiger partial charge in [-0.2, -0.15) is 26.3 Å². The minimum Gasteiger partial charge on any atom is -0.489 e. The Morgan fingerprint density at radius 2 is 1.81 bits per heavy atom. The van der Waals surface area contributed by atoms with Crippen molar-refractivity contribution < 1.29 is 49.7 Å². The van der Waals surface area contributed by atoms with Gasteiger partial charge < -0.3 is 18.8 Å². The first-order valence-electron chi connectivity index (χ1n) is 10.6. The summed E-state index contributed by atoms with van der Waals surface area (Å²) in [7, 11) is 1.26. The number of halogens is 7. The molecular weight excluding hydrogens is 511 g/mol. The van der Waals surface area contributed by atoms with Crippen LogP contribution < -0.4 is 9.47 Å². The largest absolute Gasteiger partial charge is 0.489 e. The summed E-state index contributed by atoms with van der Waals surface area (Å²) in [6, 6.07) is 5.02. The molecule has 1 aromatic heterocycles. The number of benzene rings is 2. The van der Waals surface area contributed by atoms with Gasteiger partial charge >= 0.3 is 18.3 Å². The van der Waals surface area contributed by atoms with Gasteiger partial charge in [-0.25, -0.2) is 9.18 Å². The zero-order valence-corrected chi connectivity index (χ0v) is 19.0. The highest BCUT2D eigenvalue weighted by atomic mass is 19.4. The van der Waals surface area contributed by atoms with Gasteiger partial charge in [-0.1, -0.05) is 6.07 Å². The van der Waals surface area contributed by atoms with Crippen LogP contribution in [0.1, 0.15) is 32.6 Å². The highest BCUT2D eigenvalue weighted by Crippen LogP contribution is 2.38. The summed E-state index contributed by atoms with van der Waals surface area (Å²) in [6.45, 7) is -0.385. The van der Waals surface area contributed by atoms with E-state index in [1.807, 2.05) is 0 Å². The smallest absolute Gasteiger partial charge is 0.416 e. The monoisotopic (exact) mass is 529 g/mol. The number of fused-ring (bicyclic) bond motifs is 1. The van der Waals surface area contributed by atoms with Gasteiger partial charge in [0.25, 0.3) is 0 Å². The quantitative estimate of drug-likeness (QED) is 0.270. The van der Waals surface area contributed by atoms with Crippen molar-refractivity contribution in [3.05, 3.63) is 88.0 Å². The van der Waals surface area contributed by atoms with E-state index in [1.54, 1.807) is 29.1 Å². The number of ether oxygens (including phenoxy) is 3. The summed E-state index contributed by atoms with van der Waals surface area (Å²) in [5.41, 5.74) is -2.37. The Morgan fingerprint density at radius 3 is 2.49 bits per heavy atom. The lowest BCUT2D eigenvalue weighted by molar-refractivity contribution is -0.143. The van der Waals surface area contributed by atoms with Gasteiger partial charge in [0.15, 0.2) is 0 Å². The maximum absolute atomic E-state index is 14.8. The molecule has 0 saturated carbocycles. The van der Waals surface area contributed by atoms with Crippen molar-refractivity contribution in [1.82, 2.24) is 4.57 Å². The van der Waals surface area contributed by atoms with E-state index in [1.165, 1.54) is 13.2 Å². The Balaban J connectivity index is 1.51. The molecule has 196 valence electrons. The second-order valence-electron chi connectivity index (χ2n) is 8.13. The van der Waals surface area contributed by atoms with Crippen molar-refractivity contribution in [3.63, 3.8) is 0 Å². The number of carbonyl (C=O) groups excluding carboxylic acids is 1. The first-order valence-corrected chi connectivity index (χ1v) is 10.6. The lowest BCUT2D eigenvalue weighted by Crippen LogP contribution is -2.15. The summed E-state index contributed by atoms with van der Waals surface area (Å²) >= 11 is 0. The van der Waals surface area contributed by atoms with Crippen LogP contribution in [0.25, 0.3) is 6.08 Å². The second-order valence-corrected chi connectivity index (χ2v) is 8.13. The third-order valence-corrected chi connectivity index (χ3v) is 5.52. The van der Waals surface area contributed by atoms with Crippen molar-refractivity contribution in [3.8, 4) is 11.5 Å². The van der Waals surface area contributed by atoms with Crippen molar-refractivity contribution in [1.29, 1.82) is 0 Å². The van der Waals surface area contributed by atoms with E-state index in [2.05, 4.69) is 4.74 Å². The number of rotatable bonds is 6. The van der Waals surface area contributed by atoms with E-state index in [4.69, 9.17) is 9.47 Å². The Bertz CT molecular complexity index is 1360. The summed E-state index contributed by atoms with van der Waals surface area (Å²) < 4.78 is 111. The number of esters is 1. The maximum atomic E-state index is 14.8. The summed E-state index contributed by atoms with van der Waals surface area (Å²) in [5, 5.41) is 0. The zero-order valence-electron chi connectivity index (χ0n) is 19.0. The highest BCUT2D eigenvalue weighted by Gasteiger charge is 2.38. The number of hydrogen-bond donors (Lipinski definition) is 0. The van der Waals surface area contributed by atoms with E-state index in [9.17, 15) is 35.5 Å². The molecule has 12 heteroatoms. The molecule has 1 aliphatic heterocycles. The SMILES string of the molecule is COC(=O)c1ccn(CC2=Cc3c(F)cc(OCc4ccc(C(F)(F)F)cc4C(F)(F)F)cc3OC2)c1. The predicted molar refractivity (Wildman–Crippen MR) is 116 cm³/mol. The Labute approximate surface area is 205 Å². The number of nitrogens with zero attached hydrogens (tertiary/aromatic N) is 1. The Hall–Kier alpha value is -3.96. The van der Waals surface area contributed by atoms with Gasteiger partial charge in [-0.3, -0.25) is 0 Å². The highest BCUT2D eigenvalue weighted by molar-refractivity contribution is 5.89. The second kappa shape index (κ2) is 9.83. The van der Waals surface area contributed by atoms with E-state index in [0.717, 1.165) is 6.07 Å². The van der Waals surface area contributed by atoms with Crippen LogP contribution in [0.4, 0.5) is 30.7 Å². The minimum absolute atomic E-state index is 0.0143. The molecule has 0 aliphatic carbocycles. The summed E-state index contributed by atoms with van der Waals surface area (Å²) in [6.07, 6.45) is -5.25. The molecular formula is C25H18F7NO4. The third-order valence-electron chi connectivity index (χ3n) is 5.52. The van der Waals surface area contributed by atoms with Crippen molar-refractivity contribution in [2.24, 2.45) is 0 Å². The average molecular weight is 529 g/mol. The molecule has 0 bridgehead atoms. The van der Waals surface area contributed by atoms with Crippen molar-refractivity contribution in [2.75, 3.05) is 13.7 Å². The molecule has 4 rings (SSSR count). The minimum atomic E-state index is -5.05. The average Bonchev–Trinajstić information content (AvgIpc) is 3.30. The van der Waals surface area contributed by atoms with E-state index >= 15 is 0 Å². The molecule has 2 heterocycles. The molecule has 0 saturated heterocycles. The normalized spacial score (nSPS) is 13.5. The molecule has 0 fully saturated rings. The van der Waals surface area contributed by atoms with Crippen LogP contribution >= 0.6 is 0 Å². The van der Waals surface area contributed by atoms with Crippen LogP contribution in [0.2, 0.25) is 0 Å². The molecule has 5 nitrogen and oxygen atoms in total. The van der Waals surface area contributed by atoms with Gasteiger partial charge in [0, 0.05) is 36.6 Å². The van der Waals surface area contributed by atoms with E-state index < -0.39 is 47.4 Å². The van der Waals surface area contributed by atoms with Crippen LogP contribution in [-0.4, -0.2) is 24.3 Å². The molecule has 0 spiro atoms. The van der Waals surface area contributed by atoms with Gasteiger partial charge in [-0.05, 0) is 29.8 Å². The van der Waals surface area contributed by atoms with Gasteiger partial charge in [0.2, 0.25) is 0 Å². The number of carbonyl (C=O) groups is 1. The molecule has 0 amide bonds. The molecule has 3 aromatic rings. The molecule has 0 N–H and O–H groups in total. The molecule has 37 heavy (non-hydrogen) atoms. The van der Waals surface area contributed by atoms with Crippen LogP contribution in [-0.2, 0) is 30.2 Å². The maximum Gasteiger partial charge on any atom is 0.416 e. The van der Waals surface area contributed by atoms with Gasteiger partial charge in [0.1, 0.15) is 30.5 Å². The fraction of sp³-hybridized carbons (Fsp3) is 0.240. The number of hydrogen-bond acceptors (Lipinski definition) is 4. The van der Waals surface area contributed by atoms with Gasteiger partial charge in [-0.15, -0.1) is 0 Å². The topological polar surface area (TPSA) is 49.7 Å². The molecule has 0 atom stereocenters. The molecule has 2 aromatic carbocycles. The Morgan fingerprint density at radius 1 is 1.05 bits per heavy atom. The lowest BCUT2D eigenvalue weighted by Gasteiger charge is -2.20. The predicted octanol–water partition coefficient (Wildman–Crippen LogP) is 6.51. The van der Waals surface area contributed by atoms with E-state index in [0.29, 0.717) is 29.8 Å². The van der Waals surface area contributed by atoms with Crippen LogP contribution in [0.5, 0.6) is 11.5 Å². The number of aromatic nitrogens is 1. The van der Waals surface area contributed by atoms with E-state index in [-0.39, 0.29) is 29.7 Å². The fourth-order valence-corrected chi connectivity index (χ4v) is 3.74. The first-order chi connectivity index (χ1) is 17.3. The summed E-state index contributed by atoms with van der Waals surface area (Å²) in [5.74, 6) is -1.34. The third kappa shape index (κ3) is 5.89. The standard InChI is InChI=1S/C25H18F7NO4/c1-35-23(34)15-4-5-33(11-15)10-14-6-19-21(26)8-18(9-22(19)37-12-14)36-13-16-2-3-17(24(27,28)29)7-20(16)25(30,31)32/h2-9,11H,10,12-13H2,1H3. The number of methoxy groups -OCH3 is 1. The zero-order chi connectivity index (χ0) is 27.0. The van der Waals surface area contributed by atoms with Crippen LogP contribution in [0, 0.1) is 5.82 Å². The number of alkyl halides is 6. The molecule has 0 radical (unpaired) electrons. The fourth-order valence-electron chi connectivity index (χ4n) is 3.74. The lowest BCUT2D eigenvalue weighted by atomic mass is 10.0. The first kappa shape index (κ1) is 26.1.